The van der Waals surface area contributed by atoms with Gasteiger partial charge in [0, 0.05) is 0 Å². The van der Waals surface area contributed by atoms with E-state index in [1.807, 2.05) is 0 Å². The van der Waals surface area contributed by atoms with Gasteiger partial charge in [-0.05, 0) is 36.7 Å². The summed E-state index contributed by atoms with van der Waals surface area (Å²) in [7, 11) is 0.355. The fourth-order valence-corrected chi connectivity index (χ4v) is 6.29. The van der Waals surface area contributed by atoms with Crippen LogP contribution in [0, 0.1) is 0 Å². The fourth-order valence-electron chi connectivity index (χ4n) is 3.17. The molecule has 0 radical (unpaired) electrons. The summed E-state index contributed by atoms with van der Waals surface area (Å²) >= 11 is 0. The third-order valence-corrected chi connectivity index (χ3v) is 8.25. The predicted octanol–water partition coefficient (Wildman–Crippen LogP) is 6.57. The largest absolute Gasteiger partial charge is 0.101 e. The van der Waals surface area contributed by atoms with Crippen LogP contribution in [-0.4, -0.2) is 17.5 Å². The summed E-state index contributed by atoms with van der Waals surface area (Å²) in [6.45, 7) is 7.41. The third-order valence-electron chi connectivity index (χ3n) is 4.60. The van der Waals surface area contributed by atoms with Crippen molar-refractivity contribution in [3.8, 4) is 0 Å². The van der Waals surface area contributed by atoms with Crippen molar-refractivity contribution in [3.63, 3.8) is 0 Å². The lowest BCUT2D eigenvalue weighted by molar-refractivity contribution is 0.527. The van der Waals surface area contributed by atoms with Crippen LogP contribution >= 0.6 is 7.92 Å². The molecule has 0 aromatic carbocycles. The van der Waals surface area contributed by atoms with Gasteiger partial charge < -0.3 is 0 Å². The van der Waals surface area contributed by atoms with Gasteiger partial charge in [0.15, 0.2) is 0 Å². The van der Waals surface area contributed by atoms with Crippen molar-refractivity contribution in [2.45, 2.75) is 96.6 Å². The molecule has 1 heteroatoms. The van der Waals surface area contributed by atoms with Gasteiger partial charge in [0.2, 0.25) is 0 Å². The maximum Gasteiger partial charge on any atom is -0.0151 e. The monoisotopic (exact) mass is 270 g/mol. The van der Waals surface area contributed by atoms with Crippen molar-refractivity contribution in [1.82, 2.24) is 0 Å². The Labute approximate surface area is 117 Å². The lowest BCUT2D eigenvalue weighted by atomic mass is 10.0. The molecule has 1 saturated heterocycles. The number of rotatable bonds is 9. The molecule has 1 heterocycles. The lowest BCUT2D eigenvalue weighted by Gasteiger charge is -2.38. The van der Waals surface area contributed by atoms with Crippen LogP contribution in [0.5, 0.6) is 0 Å². The Kier molecular flexibility index (Phi) is 8.56. The molecule has 0 aromatic heterocycles. The molecule has 0 atom stereocenters. The minimum Gasteiger partial charge on any atom is -0.101 e. The summed E-state index contributed by atoms with van der Waals surface area (Å²) in [6, 6.07) is 0. The summed E-state index contributed by atoms with van der Waals surface area (Å²) in [5.41, 5.74) is 0. The summed E-state index contributed by atoms with van der Waals surface area (Å²) in [6.07, 6.45) is 19.4. The van der Waals surface area contributed by atoms with E-state index >= 15 is 0 Å². The van der Waals surface area contributed by atoms with Gasteiger partial charge in [-0.3, -0.25) is 0 Å². The lowest BCUT2D eigenvalue weighted by Crippen LogP contribution is -2.22. The van der Waals surface area contributed by atoms with Crippen LogP contribution < -0.4 is 0 Å². The van der Waals surface area contributed by atoms with Gasteiger partial charge in [0.25, 0.3) is 0 Å². The second-order valence-electron chi connectivity index (χ2n) is 6.73. The quantitative estimate of drug-likeness (QED) is 0.328. The highest BCUT2D eigenvalue weighted by atomic mass is 31.1. The molecule has 108 valence electrons. The SMILES string of the molecule is CCCCCCCCCC(C)(C)P1CCCCC1. The molecule has 0 spiro atoms. The maximum absolute atomic E-state index is 2.56. The molecule has 1 fully saturated rings. The van der Waals surface area contributed by atoms with E-state index in [1.165, 1.54) is 70.6 Å². The van der Waals surface area contributed by atoms with Crippen molar-refractivity contribution in [3.05, 3.63) is 0 Å². The van der Waals surface area contributed by atoms with Gasteiger partial charge in [0.05, 0.1) is 0 Å². The molecule has 1 aliphatic rings. The van der Waals surface area contributed by atoms with E-state index in [0.29, 0.717) is 13.1 Å². The molecular weight excluding hydrogens is 235 g/mol. The Morgan fingerprint density at radius 3 is 1.94 bits per heavy atom. The molecule has 0 bridgehead atoms. The fraction of sp³-hybridized carbons (Fsp3) is 1.00. The number of unbranched alkanes of at least 4 members (excludes halogenated alkanes) is 6. The summed E-state index contributed by atoms with van der Waals surface area (Å²) in [4.78, 5) is 0. The maximum atomic E-state index is 2.56. The summed E-state index contributed by atoms with van der Waals surface area (Å²) in [5, 5.41) is 0.680. The zero-order valence-corrected chi connectivity index (χ0v) is 14.0. The van der Waals surface area contributed by atoms with Crippen LogP contribution in [-0.2, 0) is 0 Å². The van der Waals surface area contributed by atoms with E-state index in [0.717, 1.165) is 0 Å². The molecule has 0 saturated carbocycles. The van der Waals surface area contributed by atoms with E-state index in [-0.39, 0.29) is 0 Å². The van der Waals surface area contributed by atoms with Crippen LogP contribution in [0.2, 0.25) is 0 Å². The van der Waals surface area contributed by atoms with E-state index in [4.69, 9.17) is 0 Å². The first kappa shape index (κ1) is 16.5. The van der Waals surface area contributed by atoms with Gasteiger partial charge >= 0.3 is 0 Å². The van der Waals surface area contributed by atoms with E-state index in [1.54, 1.807) is 12.3 Å². The summed E-state index contributed by atoms with van der Waals surface area (Å²) in [5.74, 6) is 0. The Balaban J connectivity index is 2.05. The van der Waals surface area contributed by atoms with Crippen molar-refractivity contribution in [1.29, 1.82) is 0 Å². The molecule has 18 heavy (non-hydrogen) atoms. The van der Waals surface area contributed by atoms with Crippen LogP contribution in [0.25, 0.3) is 0 Å². The Morgan fingerprint density at radius 2 is 1.33 bits per heavy atom. The smallest absolute Gasteiger partial charge is 0.0151 e. The highest BCUT2D eigenvalue weighted by Gasteiger charge is 2.29. The van der Waals surface area contributed by atoms with E-state index in [9.17, 15) is 0 Å². The van der Waals surface area contributed by atoms with Crippen LogP contribution in [0.3, 0.4) is 0 Å². The zero-order valence-electron chi connectivity index (χ0n) is 13.1. The van der Waals surface area contributed by atoms with E-state index in [2.05, 4.69) is 20.8 Å². The van der Waals surface area contributed by atoms with Crippen molar-refractivity contribution in [2.75, 3.05) is 12.3 Å². The number of hydrogen-bond donors (Lipinski definition) is 0. The average molecular weight is 270 g/mol. The Morgan fingerprint density at radius 1 is 0.778 bits per heavy atom. The Hall–Kier alpha value is 0.430. The second kappa shape index (κ2) is 9.35. The second-order valence-corrected chi connectivity index (χ2v) is 9.92. The van der Waals surface area contributed by atoms with Gasteiger partial charge in [-0.2, -0.15) is 0 Å². The van der Waals surface area contributed by atoms with Gasteiger partial charge in [0.1, 0.15) is 0 Å². The average Bonchev–Trinajstić information content (AvgIpc) is 2.39. The first-order valence-electron chi connectivity index (χ1n) is 8.42. The molecule has 1 rings (SSSR count). The topological polar surface area (TPSA) is 0 Å². The molecule has 0 amide bonds. The van der Waals surface area contributed by atoms with Crippen molar-refractivity contribution in [2.24, 2.45) is 0 Å². The van der Waals surface area contributed by atoms with Gasteiger partial charge in [-0.15, -0.1) is 7.92 Å². The van der Waals surface area contributed by atoms with Gasteiger partial charge in [-0.25, -0.2) is 0 Å². The molecule has 0 aliphatic carbocycles. The van der Waals surface area contributed by atoms with Gasteiger partial charge in [-0.1, -0.05) is 72.1 Å². The summed E-state index contributed by atoms with van der Waals surface area (Å²) < 4.78 is 0. The molecule has 1 aliphatic heterocycles. The van der Waals surface area contributed by atoms with Crippen molar-refractivity contribution >= 4 is 7.92 Å². The third kappa shape index (κ3) is 6.55. The minimum atomic E-state index is 0.355. The van der Waals surface area contributed by atoms with Crippen LogP contribution in [0.1, 0.15) is 91.4 Å². The first-order valence-corrected chi connectivity index (χ1v) is 10.1. The normalized spacial score (nSPS) is 18.2. The van der Waals surface area contributed by atoms with E-state index < -0.39 is 0 Å². The standard InChI is InChI=1S/C17H35P/c1-4-5-6-7-8-9-11-14-17(2,3)18-15-12-10-13-16-18/h4-16H2,1-3H3. The minimum absolute atomic E-state index is 0.355. The molecule has 0 nitrogen and oxygen atoms in total. The van der Waals surface area contributed by atoms with Crippen LogP contribution in [0.15, 0.2) is 0 Å². The molecule has 0 aromatic rings. The van der Waals surface area contributed by atoms with Crippen molar-refractivity contribution < 1.29 is 0 Å². The Bertz CT molecular complexity index is 192. The van der Waals surface area contributed by atoms with Crippen LogP contribution in [0.4, 0.5) is 0 Å². The number of hydrogen-bond acceptors (Lipinski definition) is 0. The molecular formula is C17H35P. The highest BCUT2D eigenvalue weighted by molar-refractivity contribution is 7.59. The first-order chi connectivity index (χ1) is 8.67. The predicted molar refractivity (Wildman–Crippen MR) is 87.2 cm³/mol. The zero-order chi connectivity index (χ0) is 13.3. The molecule has 0 N–H and O–H groups in total. The molecule has 0 unspecified atom stereocenters. The highest BCUT2D eigenvalue weighted by Crippen LogP contribution is 2.55.